The normalized spacial score (nSPS) is 11.6. The third-order valence-electron chi connectivity index (χ3n) is 7.39. The highest BCUT2D eigenvalue weighted by Crippen LogP contribution is 2.27. The van der Waals surface area contributed by atoms with Gasteiger partial charge in [-0.25, -0.2) is 4.79 Å². The quantitative estimate of drug-likeness (QED) is 0.164. The molecule has 3 N–H and O–H groups in total. The molecule has 0 amide bonds. The van der Waals surface area contributed by atoms with E-state index in [0.717, 1.165) is 53.8 Å². The molecular formula is C33H47N7O4S. The summed E-state index contributed by atoms with van der Waals surface area (Å²) in [7, 11) is 2.41. The number of likely N-dealkylation sites (N-methyl/N-ethyl adjacent to an activating group) is 1. The molecule has 244 valence electrons. The van der Waals surface area contributed by atoms with Crippen molar-refractivity contribution in [1.29, 1.82) is 0 Å². The maximum Gasteiger partial charge on any atom is 0.335 e. The Morgan fingerprint density at radius 1 is 1.04 bits per heavy atom. The molecule has 4 aromatic rings. The number of unbranched alkanes of at least 4 members (excludes halogenated alkanes) is 1. The summed E-state index contributed by atoms with van der Waals surface area (Å²) in [4.78, 5) is 17.9. The van der Waals surface area contributed by atoms with Gasteiger partial charge >= 0.3 is 16.2 Å². The van der Waals surface area contributed by atoms with Gasteiger partial charge in [-0.15, -0.1) is 0 Å². The third-order valence-corrected chi connectivity index (χ3v) is 9.10. The highest BCUT2D eigenvalue weighted by molar-refractivity contribution is 7.90. The molecule has 2 heterocycles. The number of aryl methyl sites for hydroxylation is 1. The first-order chi connectivity index (χ1) is 21.3. The highest BCUT2D eigenvalue weighted by atomic mass is 32.2. The van der Waals surface area contributed by atoms with Crippen molar-refractivity contribution in [3.05, 3.63) is 83.3 Å². The number of aromatic carboxylic acids is 1. The number of nitrogens with zero attached hydrogens (tertiary/aromatic N) is 5. The van der Waals surface area contributed by atoms with Gasteiger partial charge in [0.05, 0.1) is 28.8 Å². The maximum absolute atomic E-state index is 13.1. The van der Waals surface area contributed by atoms with E-state index in [-0.39, 0.29) is 6.04 Å². The Kier molecular flexibility index (Phi) is 12.9. The van der Waals surface area contributed by atoms with E-state index in [0.29, 0.717) is 24.3 Å². The van der Waals surface area contributed by atoms with E-state index in [9.17, 15) is 13.2 Å². The summed E-state index contributed by atoms with van der Waals surface area (Å²) in [5, 5.41) is 17.8. The molecule has 12 heteroatoms. The van der Waals surface area contributed by atoms with Crippen LogP contribution in [0.15, 0.2) is 60.8 Å². The Hall–Kier alpha value is -4.00. The fourth-order valence-electron chi connectivity index (χ4n) is 4.91. The zero-order chi connectivity index (χ0) is 33.1. The zero-order valence-corrected chi connectivity index (χ0v) is 28.2. The number of carboxylic acid groups (broad SMARTS) is 1. The molecule has 0 saturated heterocycles. The monoisotopic (exact) mass is 637 g/mol. The predicted octanol–water partition coefficient (Wildman–Crippen LogP) is 5.56. The Labute approximate surface area is 267 Å². The second-order valence-corrected chi connectivity index (χ2v) is 13.2. The van der Waals surface area contributed by atoms with Crippen LogP contribution < -0.4 is 9.62 Å². The standard InChI is InChI=1S/C26H41N7O2S.C7H6O2/c1-8-9-13-33(19(2)3)36(34,35)30-21-10-11-26-25(16-21)24(20(4)28-26)12-14-32(7)18-22-15-23(31(5)6)17-27-29-22;8-7(9)6-4-2-1-3-5-6/h10-11,15-17,19,28,30H,8-9,12-14,18H2,1-7H3;1-5H,(H,8,9). The van der Waals surface area contributed by atoms with Gasteiger partial charge in [-0.3, -0.25) is 4.72 Å². The van der Waals surface area contributed by atoms with Crippen molar-refractivity contribution in [2.75, 3.05) is 43.9 Å². The molecule has 0 aliphatic rings. The SMILES string of the molecule is CCCCN(C(C)C)S(=O)(=O)Nc1ccc2[nH]c(C)c(CCN(C)Cc3cc(N(C)C)cnn3)c2c1.O=C(O)c1ccccc1. The number of H-pyrrole nitrogens is 1. The molecule has 11 nitrogen and oxygen atoms in total. The average molecular weight is 638 g/mol. The number of carboxylic acids is 1. The summed E-state index contributed by atoms with van der Waals surface area (Å²) in [5.74, 6) is -0.879. The number of anilines is 2. The number of fused-ring (bicyclic) bond motifs is 1. The van der Waals surface area contributed by atoms with Crippen molar-refractivity contribution < 1.29 is 18.3 Å². The molecule has 0 atom stereocenters. The lowest BCUT2D eigenvalue weighted by Gasteiger charge is -2.26. The second-order valence-electron chi connectivity index (χ2n) is 11.6. The smallest absolute Gasteiger partial charge is 0.335 e. The van der Waals surface area contributed by atoms with Crippen LogP contribution in [0.4, 0.5) is 11.4 Å². The number of nitrogens with one attached hydrogen (secondary N) is 2. The highest BCUT2D eigenvalue weighted by Gasteiger charge is 2.24. The van der Waals surface area contributed by atoms with Crippen LogP contribution in [0, 0.1) is 6.92 Å². The molecule has 0 aliphatic carbocycles. The first-order valence-electron chi connectivity index (χ1n) is 15.2. The minimum atomic E-state index is -3.64. The van der Waals surface area contributed by atoms with Crippen molar-refractivity contribution in [3.63, 3.8) is 0 Å². The molecule has 0 bridgehead atoms. The molecule has 0 aliphatic heterocycles. The predicted molar refractivity (Wildman–Crippen MR) is 182 cm³/mol. The Morgan fingerprint density at radius 3 is 2.36 bits per heavy atom. The molecule has 2 aromatic carbocycles. The zero-order valence-electron chi connectivity index (χ0n) is 27.4. The summed E-state index contributed by atoms with van der Waals surface area (Å²) < 4.78 is 30.6. The van der Waals surface area contributed by atoms with Gasteiger partial charge < -0.3 is 19.9 Å². The Balaban J connectivity index is 0.000000525. The first kappa shape index (κ1) is 35.5. The molecule has 0 unspecified atom stereocenters. The van der Waals surface area contributed by atoms with Gasteiger partial charge in [-0.1, -0.05) is 31.5 Å². The van der Waals surface area contributed by atoms with E-state index < -0.39 is 16.2 Å². The van der Waals surface area contributed by atoms with E-state index in [1.54, 1.807) is 36.5 Å². The summed E-state index contributed by atoms with van der Waals surface area (Å²) >= 11 is 0. The van der Waals surface area contributed by atoms with Crippen LogP contribution in [0.5, 0.6) is 0 Å². The van der Waals surface area contributed by atoms with Crippen molar-refractivity contribution >= 4 is 38.5 Å². The molecule has 2 aromatic heterocycles. The van der Waals surface area contributed by atoms with Crippen LogP contribution in [-0.4, -0.2) is 84.2 Å². The van der Waals surface area contributed by atoms with Crippen molar-refractivity contribution in [2.24, 2.45) is 0 Å². The van der Waals surface area contributed by atoms with Gasteiger partial charge in [0, 0.05) is 56.4 Å². The van der Waals surface area contributed by atoms with Gasteiger partial charge in [0.1, 0.15) is 0 Å². The van der Waals surface area contributed by atoms with Crippen LogP contribution in [0.1, 0.15) is 60.9 Å². The van der Waals surface area contributed by atoms with Crippen molar-refractivity contribution in [1.82, 2.24) is 24.4 Å². The summed E-state index contributed by atoms with van der Waals surface area (Å²) in [6, 6.07) is 15.9. The summed E-state index contributed by atoms with van der Waals surface area (Å²) in [6.45, 7) is 9.98. The number of aromatic amines is 1. The van der Waals surface area contributed by atoms with Crippen LogP contribution >= 0.6 is 0 Å². The van der Waals surface area contributed by atoms with Crippen LogP contribution in [0.3, 0.4) is 0 Å². The number of rotatable bonds is 14. The first-order valence-corrected chi connectivity index (χ1v) is 16.6. The average Bonchev–Trinajstić information content (AvgIpc) is 3.30. The van der Waals surface area contributed by atoms with Gasteiger partial charge in [0.25, 0.3) is 0 Å². The Bertz CT molecular complexity index is 1640. The molecule has 0 radical (unpaired) electrons. The largest absolute Gasteiger partial charge is 0.478 e. The van der Waals surface area contributed by atoms with Gasteiger partial charge in [0.2, 0.25) is 0 Å². The fraction of sp³-hybridized carbons (Fsp3) is 0.424. The third kappa shape index (κ3) is 10.3. The molecular weight excluding hydrogens is 590 g/mol. The van der Waals surface area contributed by atoms with E-state index >= 15 is 0 Å². The van der Waals surface area contributed by atoms with E-state index in [4.69, 9.17) is 5.11 Å². The molecule has 4 rings (SSSR count). The van der Waals surface area contributed by atoms with Gasteiger partial charge in [-0.05, 0) is 82.6 Å². The number of hydrogen-bond donors (Lipinski definition) is 3. The number of hydrogen-bond acceptors (Lipinski definition) is 7. The number of carbonyl (C=O) groups is 1. The lowest BCUT2D eigenvalue weighted by Crippen LogP contribution is -2.41. The van der Waals surface area contributed by atoms with Crippen molar-refractivity contribution in [2.45, 2.75) is 59.5 Å². The number of benzene rings is 2. The van der Waals surface area contributed by atoms with E-state index in [1.165, 1.54) is 9.87 Å². The summed E-state index contributed by atoms with van der Waals surface area (Å²) in [5.41, 5.74) is 6.16. The molecule has 0 fully saturated rings. The topological polar surface area (TPSA) is 135 Å². The minimum absolute atomic E-state index is 0.110. The molecule has 0 spiro atoms. The minimum Gasteiger partial charge on any atom is -0.478 e. The van der Waals surface area contributed by atoms with E-state index in [2.05, 4.69) is 51.8 Å². The fourth-order valence-corrected chi connectivity index (χ4v) is 6.37. The Morgan fingerprint density at radius 2 is 1.76 bits per heavy atom. The van der Waals surface area contributed by atoms with E-state index in [1.807, 2.05) is 51.0 Å². The summed E-state index contributed by atoms with van der Waals surface area (Å²) in [6.07, 6.45) is 4.36. The lowest BCUT2D eigenvalue weighted by atomic mass is 10.1. The van der Waals surface area contributed by atoms with Gasteiger partial charge in [0.15, 0.2) is 0 Å². The van der Waals surface area contributed by atoms with Crippen molar-refractivity contribution in [3.8, 4) is 0 Å². The van der Waals surface area contributed by atoms with Crippen LogP contribution in [0.2, 0.25) is 0 Å². The van der Waals surface area contributed by atoms with Gasteiger partial charge in [-0.2, -0.15) is 22.9 Å². The van der Waals surface area contributed by atoms with Crippen LogP contribution in [-0.2, 0) is 23.2 Å². The lowest BCUT2D eigenvalue weighted by molar-refractivity contribution is 0.0697. The molecule has 0 saturated carbocycles. The number of aromatic nitrogens is 3. The maximum atomic E-state index is 13.1. The molecule has 45 heavy (non-hydrogen) atoms. The van der Waals surface area contributed by atoms with Crippen LogP contribution in [0.25, 0.3) is 10.9 Å². The second kappa shape index (κ2) is 16.4.